The van der Waals surface area contributed by atoms with E-state index in [1.54, 1.807) is 30.3 Å². The van der Waals surface area contributed by atoms with Gasteiger partial charge in [-0.3, -0.25) is 4.79 Å². The number of nitrogens with one attached hydrogen (secondary N) is 1. The average molecular weight is 382 g/mol. The molecule has 1 heterocycles. The minimum absolute atomic E-state index is 0.238. The molecular weight excluding hydrogens is 366 g/mol. The van der Waals surface area contributed by atoms with Gasteiger partial charge < -0.3 is 19.2 Å². The molecule has 0 unspecified atom stereocenters. The lowest BCUT2D eigenvalue weighted by molar-refractivity contribution is -0.156. The summed E-state index contributed by atoms with van der Waals surface area (Å²) < 4.78 is 16.2. The van der Waals surface area contributed by atoms with E-state index in [-0.39, 0.29) is 13.2 Å². The van der Waals surface area contributed by atoms with Crippen molar-refractivity contribution in [1.29, 1.82) is 0 Å². The molecule has 0 aliphatic rings. The molecule has 1 aromatic heterocycles. The van der Waals surface area contributed by atoms with Crippen LogP contribution in [0.1, 0.15) is 12.7 Å². The number of hydrogen-bond acceptors (Lipinski definition) is 5. The molecule has 0 saturated heterocycles. The number of halogens is 1. The summed E-state index contributed by atoms with van der Waals surface area (Å²) in [5, 5.41) is 2.61. The predicted octanol–water partition coefficient (Wildman–Crippen LogP) is 2.67. The number of furan rings is 1. The number of benzene rings is 1. The monoisotopic (exact) mass is 381 g/mol. The van der Waals surface area contributed by atoms with Crippen molar-refractivity contribution in [3.63, 3.8) is 0 Å². The summed E-state index contributed by atoms with van der Waals surface area (Å²) in [6.07, 6.45) is 0.605. The van der Waals surface area contributed by atoms with E-state index < -0.39 is 18.0 Å². The molecule has 23 heavy (non-hydrogen) atoms. The second kappa shape index (κ2) is 8.38. The predicted molar refractivity (Wildman–Crippen MR) is 85.7 cm³/mol. The normalized spacial score (nSPS) is 11.6. The molecule has 2 rings (SSSR count). The number of esters is 1. The molecule has 0 radical (unpaired) electrons. The molecular formula is C16H16BrNO5. The summed E-state index contributed by atoms with van der Waals surface area (Å²) in [7, 11) is 0. The van der Waals surface area contributed by atoms with E-state index in [0.717, 1.165) is 4.47 Å². The highest BCUT2D eigenvalue weighted by atomic mass is 79.9. The number of hydrogen-bond donors (Lipinski definition) is 1. The van der Waals surface area contributed by atoms with Crippen molar-refractivity contribution >= 4 is 27.8 Å². The van der Waals surface area contributed by atoms with Gasteiger partial charge in [-0.2, -0.15) is 0 Å². The SMILES string of the molecule is C[C@@H](OC(=O)COc1cccc(Br)c1)C(=O)NCc1ccco1. The van der Waals surface area contributed by atoms with Crippen LogP contribution in [0, 0.1) is 0 Å². The molecule has 0 fully saturated rings. The van der Waals surface area contributed by atoms with E-state index in [0.29, 0.717) is 11.5 Å². The Hall–Kier alpha value is -2.28. The molecule has 0 bridgehead atoms. The summed E-state index contributed by atoms with van der Waals surface area (Å²) in [5.74, 6) is 0.129. The van der Waals surface area contributed by atoms with Crippen molar-refractivity contribution in [1.82, 2.24) is 5.32 Å². The summed E-state index contributed by atoms with van der Waals surface area (Å²) in [4.78, 5) is 23.5. The maximum Gasteiger partial charge on any atom is 0.344 e. The quantitative estimate of drug-likeness (QED) is 0.745. The fourth-order valence-corrected chi connectivity index (χ4v) is 2.09. The lowest BCUT2D eigenvalue weighted by atomic mass is 10.3. The van der Waals surface area contributed by atoms with Crippen LogP contribution in [-0.4, -0.2) is 24.6 Å². The fraction of sp³-hybridized carbons (Fsp3) is 0.250. The van der Waals surface area contributed by atoms with Crippen LogP contribution >= 0.6 is 15.9 Å². The molecule has 0 aliphatic carbocycles. The van der Waals surface area contributed by atoms with Crippen molar-refractivity contribution in [2.24, 2.45) is 0 Å². The van der Waals surface area contributed by atoms with Crippen LogP contribution in [0.2, 0.25) is 0 Å². The molecule has 1 aromatic carbocycles. The van der Waals surface area contributed by atoms with Gasteiger partial charge in [-0.05, 0) is 37.3 Å². The third kappa shape index (κ3) is 5.78. The molecule has 1 N–H and O–H groups in total. The van der Waals surface area contributed by atoms with Gasteiger partial charge in [-0.25, -0.2) is 4.79 Å². The summed E-state index contributed by atoms with van der Waals surface area (Å²) >= 11 is 3.31. The smallest absolute Gasteiger partial charge is 0.344 e. The lowest BCUT2D eigenvalue weighted by Gasteiger charge is -2.13. The molecule has 0 spiro atoms. The molecule has 0 saturated carbocycles. The van der Waals surface area contributed by atoms with Crippen molar-refractivity contribution in [3.8, 4) is 5.75 Å². The van der Waals surface area contributed by atoms with Crippen LogP contribution in [0.5, 0.6) is 5.75 Å². The maximum absolute atomic E-state index is 11.8. The zero-order valence-corrected chi connectivity index (χ0v) is 14.0. The molecule has 7 heteroatoms. The van der Waals surface area contributed by atoms with Crippen LogP contribution < -0.4 is 10.1 Å². The van der Waals surface area contributed by atoms with E-state index in [9.17, 15) is 9.59 Å². The molecule has 0 aliphatic heterocycles. The lowest BCUT2D eigenvalue weighted by Crippen LogP contribution is -2.36. The Labute approximate surface area is 141 Å². The van der Waals surface area contributed by atoms with Crippen molar-refractivity contribution in [2.45, 2.75) is 19.6 Å². The molecule has 1 atom stereocenters. The summed E-state index contributed by atoms with van der Waals surface area (Å²) in [5.41, 5.74) is 0. The summed E-state index contributed by atoms with van der Waals surface area (Å²) in [6.45, 7) is 1.46. The van der Waals surface area contributed by atoms with Gasteiger partial charge in [-0.15, -0.1) is 0 Å². The highest BCUT2D eigenvalue weighted by molar-refractivity contribution is 9.10. The van der Waals surface area contributed by atoms with Gasteiger partial charge in [0.05, 0.1) is 12.8 Å². The zero-order valence-electron chi connectivity index (χ0n) is 12.5. The van der Waals surface area contributed by atoms with Gasteiger partial charge in [0, 0.05) is 4.47 Å². The Morgan fingerprint density at radius 3 is 2.83 bits per heavy atom. The summed E-state index contributed by atoms with van der Waals surface area (Å²) in [6, 6.07) is 10.5. The fourth-order valence-electron chi connectivity index (χ4n) is 1.71. The van der Waals surface area contributed by atoms with Crippen LogP contribution in [0.3, 0.4) is 0 Å². The molecule has 1 amide bonds. The van der Waals surface area contributed by atoms with Crippen molar-refractivity contribution in [3.05, 3.63) is 52.9 Å². The minimum atomic E-state index is -0.913. The second-order valence-corrected chi connectivity index (χ2v) is 5.59. The van der Waals surface area contributed by atoms with Crippen LogP contribution in [0.4, 0.5) is 0 Å². The first kappa shape index (κ1) is 17.1. The van der Waals surface area contributed by atoms with E-state index in [1.165, 1.54) is 13.2 Å². The van der Waals surface area contributed by atoms with E-state index in [4.69, 9.17) is 13.9 Å². The Bertz CT molecular complexity index is 656. The Morgan fingerprint density at radius 2 is 2.13 bits per heavy atom. The third-order valence-corrected chi connectivity index (χ3v) is 3.34. The average Bonchev–Trinajstić information content (AvgIpc) is 3.04. The highest BCUT2D eigenvalue weighted by Gasteiger charge is 2.18. The van der Waals surface area contributed by atoms with Gasteiger partial charge in [-0.1, -0.05) is 22.0 Å². The van der Waals surface area contributed by atoms with Crippen LogP contribution in [-0.2, 0) is 20.9 Å². The first-order valence-electron chi connectivity index (χ1n) is 6.92. The molecule has 2 aromatic rings. The minimum Gasteiger partial charge on any atom is -0.482 e. The number of carbonyl (C=O) groups excluding carboxylic acids is 2. The van der Waals surface area contributed by atoms with Gasteiger partial charge in [0.2, 0.25) is 0 Å². The zero-order chi connectivity index (χ0) is 16.7. The maximum atomic E-state index is 11.8. The number of rotatable bonds is 7. The number of ether oxygens (including phenoxy) is 2. The standard InChI is InChI=1S/C16H16BrNO5/c1-11(16(20)18-9-14-6-3-7-21-14)23-15(19)10-22-13-5-2-4-12(17)8-13/h2-8,11H,9-10H2,1H3,(H,18,20)/t11-/m1/s1. The van der Waals surface area contributed by atoms with Gasteiger partial charge in [0.1, 0.15) is 11.5 Å². The largest absolute Gasteiger partial charge is 0.482 e. The Morgan fingerprint density at radius 1 is 1.30 bits per heavy atom. The Kier molecular flexibility index (Phi) is 6.22. The van der Waals surface area contributed by atoms with Crippen LogP contribution in [0.25, 0.3) is 0 Å². The highest BCUT2D eigenvalue weighted by Crippen LogP contribution is 2.17. The number of carbonyl (C=O) groups is 2. The van der Waals surface area contributed by atoms with Gasteiger partial charge in [0.15, 0.2) is 12.7 Å². The third-order valence-electron chi connectivity index (χ3n) is 2.85. The Balaban J connectivity index is 1.72. The number of amides is 1. The van der Waals surface area contributed by atoms with Crippen molar-refractivity contribution in [2.75, 3.05) is 6.61 Å². The first-order valence-corrected chi connectivity index (χ1v) is 7.72. The topological polar surface area (TPSA) is 77.8 Å². The van der Waals surface area contributed by atoms with E-state index in [2.05, 4.69) is 21.2 Å². The molecule has 6 nitrogen and oxygen atoms in total. The second-order valence-electron chi connectivity index (χ2n) is 4.68. The molecule has 122 valence electrons. The first-order chi connectivity index (χ1) is 11.0. The van der Waals surface area contributed by atoms with Gasteiger partial charge >= 0.3 is 5.97 Å². The van der Waals surface area contributed by atoms with E-state index in [1.807, 2.05) is 6.07 Å². The van der Waals surface area contributed by atoms with Crippen LogP contribution in [0.15, 0.2) is 51.6 Å². The van der Waals surface area contributed by atoms with Crippen molar-refractivity contribution < 1.29 is 23.5 Å². The van der Waals surface area contributed by atoms with Gasteiger partial charge in [0.25, 0.3) is 5.91 Å². The van der Waals surface area contributed by atoms with E-state index >= 15 is 0 Å².